The smallest absolute Gasteiger partial charge is 0.0829 e. The molecule has 2 aliphatic rings. The number of hydrogen-bond donors (Lipinski definition) is 1. The molecule has 0 spiro atoms. The molecule has 0 radical (unpaired) electrons. The summed E-state index contributed by atoms with van der Waals surface area (Å²) in [6.45, 7) is 4.21. The second kappa shape index (κ2) is 4.71. The highest BCUT2D eigenvalue weighted by molar-refractivity contribution is 5.42. The molecular formula is C20H22O. The minimum atomic E-state index is -0.314. The summed E-state index contributed by atoms with van der Waals surface area (Å²) in [5.41, 5.74) is 6.56. The molecular weight excluding hydrogens is 256 g/mol. The van der Waals surface area contributed by atoms with Gasteiger partial charge in [0.1, 0.15) is 0 Å². The molecule has 1 saturated carbocycles. The molecule has 0 amide bonds. The van der Waals surface area contributed by atoms with Crippen LogP contribution in [-0.2, 0) is 6.42 Å². The van der Waals surface area contributed by atoms with Crippen molar-refractivity contribution >= 4 is 0 Å². The van der Waals surface area contributed by atoms with E-state index in [2.05, 4.69) is 56.3 Å². The van der Waals surface area contributed by atoms with Gasteiger partial charge in [-0.15, -0.1) is 0 Å². The predicted molar refractivity (Wildman–Crippen MR) is 85.4 cm³/mol. The van der Waals surface area contributed by atoms with Crippen molar-refractivity contribution in [2.45, 2.75) is 38.7 Å². The average Bonchev–Trinajstić information content (AvgIpc) is 3.24. The summed E-state index contributed by atoms with van der Waals surface area (Å²) in [5.74, 6) is 1.66. The summed E-state index contributed by atoms with van der Waals surface area (Å²) in [7, 11) is 0. The van der Waals surface area contributed by atoms with Crippen molar-refractivity contribution in [3.8, 4) is 0 Å². The van der Waals surface area contributed by atoms with E-state index in [1.807, 2.05) is 0 Å². The summed E-state index contributed by atoms with van der Waals surface area (Å²) < 4.78 is 0. The Bertz CT molecular complexity index is 688. The molecule has 4 atom stereocenters. The molecule has 0 aliphatic heterocycles. The van der Waals surface area contributed by atoms with Gasteiger partial charge in [0.15, 0.2) is 0 Å². The Labute approximate surface area is 126 Å². The number of fused-ring (bicyclic) bond motifs is 3. The highest BCUT2D eigenvalue weighted by atomic mass is 16.3. The second-order valence-corrected chi connectivity index (χ2v) is 6.81. The molecule has 4 unspecified atom stereocenters. The topological polar surface area (TPSA) is 20.2 Å². The Balaban J connectivity index is 1.66. The van der Waals surface area contributed by atoms with Crippen LogP contribution in [0.5, 0.6) is 0 Å². The van der Waals surface area contributed by atoms with Crippen LogP contribution in [-0.4, -0.2) is 5.11 Å². The molecule has 0 bridgehead atoms. The normalized spacial score (nSPS) is 27.7. The van der Waals surface area contributed by atoms with E-state index in [4.69, 9.17) is 0 Å². The summed E-state index contributed by atoms with van der Waals surface area (Å²) in [5, 5.41) is 10.9. The number of aliphatic hydroxyl groups excluding tert-OH is 1. The molecule has 1 fully saturated rings. The highest BCUT2D eigenvalue weighted by Gasteiger charge is 2.56. The first kappa shape index (κ1) is 13.1. The molecule has 1 heteroatoms. The molecule has 1 N–H and O–H groups in total. The molecule has 0 saturated heterocycles. The third-order valence-corrected chi connectivity index (χ3v) is 5.51. The molecule has 108 valence electrons. The van der Waals surface area contributed by atoms with E-state index in [9.17, 15) is 5.11 Å². The lowest BCUT2D eigenvalue weighted by molar-refractivity contribution is 0.144. The third-order valence-electron chi connectivity index (χ3n) is 5.51. The van der Waals surface area contributed by atoms with Gasteiger partial charge in [-0.05, 0) is 66.7 Å². The van der Waals surface area contributed by atoms with Crippen molar-refractivity contribution in [3.05, 3.63) is 70.3 Å². The van der Waals surface area contributed by atoms with Gasteiger partial charge in [0.2, 0.25) is 0 Å². The Kier molecular flexibility index (Phi) is 2.93. The Morgan fingerprint density at radius 3 is 2.76 bits per heavy atom. The fraction of sp³-hybridized carbons (Fsp3) is 0.400. The largest absolute Gasteiger partial charge is 0.388 e. The van der Waals surface area contributed by atoms with E-state index in [-0.39, 0.29) is 6.10 Å². The summed E-state index contributed by atoms with van der Waals surface area (Å²) >= 11 is 0. The SMILES string of the molecule is Cc1ccc(C)c(C(O)C2C3CCc4ccccc4C32)c1. The van der Waals surface area contributed by atoms with Gasteiger partial charge in [0.25, 0.3) is 0 Å². The average molecular weight is 278 g/mol. The number of benzene rings is 2. The van der Waals surface area contributed by atoms with Gasteiger partial charge in [0.05, 0.1) is 6.10 Å². The minimum Gasteiger partial charge on any atom is -0.388 e. The molecule has 2 aromatic rings. The van der Waals surface area contributed by atoms with Crippen molar-refractivity contribution in [1.82, 2.24) is 0 Å². The fourth-order valence-electron chi connectivity index (χ4n) is 4.34. The highest BCUT2D eigenvalue weighted by Crippen LogP contribution is 2.64. The van der Waals surface area contributed by atoms with Gasteiger partial charge in [-0.2, -0.15) is 0 Å². The van der Waals surface area contributed by atoms with E-state index in [0.717, 1.165) is 5.56 Å². The molecule has 2 aliphatic carbocycles. The summed E-state index contributed by atoms with van der Waals surface area (Å²) in [6.07, 6.45) is 2.09. The molecule has 2 aromatic carbocycles. The van der Waals surface area contributed by atoms with Crippen molar-refractivity contribution < 1.29 is 5.11 Å². The van der Waals surface area contributed by atoms with Crippen LogP contribution in [0.2, 0.25) is 0 Å². The monoisotopic (exact) mass is 278 g/mol. The van der Waals surface area contributed by atoms with Crippen molar-refractivity contribution in [2.75, 3.05) is 0 Å². The number of hydrogen-bond acceptors (Lipinski definition) is 1. The van der Waals surface area contributed by atoms with E-state index >= 15 is 0 Å². The molecule has 21 heavy (non-hydrogen) atoms. The lowest BCUT2D eigenvalue weighted by Crippen LogP contribution is -2.05. The van der Waals surface area contributed by atoms with Crippen LogP contribution in [0.3, 0.4) is 0 Å². The van der Waals surface area contributed by atoms with Crippen LogP contribution >= 0.6 is 0 Å². The van der Waals surface area contributed by atoms with Crippen LogP contribution in [0, 0.1) is 25.7 Å². The maximum absolute atomic E-state index is 10.9. The quantitative estimate of drug-likeness (QED) is 0.867. The first-order chi connectivity index (χ1) is 10.2. The maximum atomic E-state index is 10.9. The zero-order chi connectivity index (χ0) is 14.6. The lowest BCUT2D eigenvalue weighted by atomic mass is 9.92. The number of aryl methyl sites for hydroxylation is 3. The van der Waals surface area contributed by atoms with Gasteiger partial charge in [-0.1, -0.05) is 48.0 Å². The Morgan fingerprint density at radius 1 is 1.10 bits per heavy atom. The van der Waals surface area contributed by atoms with E-state index in [0.29, 0.717) is 17.8 Å². The third kappa shape index (κ3) is 2.03. The first-order valence-electron chi connectivity index (χ1n) is 8.00. The summed E-state index contributed by atoms with van der Waals surface area (Å²) in [6, 6.07) is 15.2. The standard InChI is InChI=1S/C20H22O/c1-12-7-8-13(2)17(11-12)20(21)19-16-10-9-14-5-3-4-6-15(14)18(16)19/h3-8,11,16,18-21H,9-10H2,1-2H3. The fourth-order valence-corrected chi connectivity index (χ4v) is 4.34. The Morgan fingerprint density at radius 2 is 1.90 bits per heavy atom. The first-order valence-corrected chi connectivity index (χ1v) is 8.00. The van der Waals surface area contributed by atoms with Gasteiger partial charge >= 0.3 is 0 Å². The molecule has 0 aromatic heterocycles. The van der Waals surface area contributed by atoms with E-state index in [1.165, 1.54) is 35.1 Å². The molecule has 4 rings (SSSR count). The summed E-state index contributed by atoms with van der Waals surface area (Å²) in [4.78, 5) is 0. The van der Waals surface area contributed by atoms with Crippen LogP contribution in [0.1, 0.15) is 46.3 Å². The van der Waals surface area contributed by atoms with Crippen molar-refractivity contribution in [3.63, 3.8) is 0 Å². The van der Waals surface area contributed by atoms with Gasteiger partial charge in [0, 0.05) is 0 Å². The van der Waals surface area contributed by atoms with Crippen LogP contribution in [0.25, 0.3) is 0 Å². The van der Waals surface area contributed by atoms with Gasteiger partial charge in [-0.3, -0.25) is 0 Å². The zero-order valence-corrected chi connectivity index (χ0v) is 12.7. The number of aliphatic hydroxyl groups is 1. The van der Waals surface area contributed by atoms with Crippen molar-refractivity contribution in [1.29, 1.82) is 0 Å². The van der Waals surface area contributed by atoms with Gasteiger partial charge < -0.3 is 5.11 Å². The lowest BCUT2D eigenvalue weighted by Gasteiger charge is -2.15. The zero-order valence-electron chi connectivity index (χ0n) is 12.7. The van der Waals surface area contributed by atoms with E-state index < -0.39 is 0 Å². The van der Waals surface area contributed by atoms with E-state index in [1.54, 1.807) is 0 Å². The molecule has 0 heterocycles. The maximum Gasteiger partial charge on any atom is 0.0829 e. The Hall–Kier alpha value is -1.60. The minimum absolute atomic E-state index is 0.314. The van der Waals surface area contributed by atoms with Crippen LogP contribution in [0.4, 0.5) is 0 Å². The van der Waals surface area contributed by atoms with Crippen molar-refractivity contribution in [2.24, 2.45) is 11.8 Å². The van der Waals surface area contributed by atoms with Crippen LogP contribution in [0.15, 0.2) is 42.5 Å². The second-order valence-electron chi connectivity index (χ2n) is 6.81. The van der Waals surface area contributed by atoms with Crippen LogP contribution < -0.4 is 0 Å². The van der Waals surface area contributed by atoms with Gasteiger partial charge in [-0.25, -0.2) is 0 Å². The predicted octanol–water partition coefficient (Wildman–Crippen LogP) is 4.31. The number of rotatable bonds is 2. The molecule has 1 nitrogen and oxygen atoms in total.